The van der Waals surface area contributed by atoms with Gasteiger partial charge in [-0.1, -0.05) is 23.7 Å². The summed E-state index contributed by atoms with van der Waals surface area (Å²) in [6.45, 7) is 1.62. The summed E-state index contributed by atoms with van der Waals surface area (Å²) in [7, 11) is 0. The SMILES string of the molecule is Nc1n(CCOc2ccc(Cl)cc2)c2ccccc2[n+]1CCO.[Cl-]. The van der Waals surface area contributed by atoms with Crippen LogP contribution in [0.25, 0.3) is 11.0 Å². The number of aliphatic hydroxyl groups excluding tert-OH is 1. The third-order valence-electron chi connectivity index (χ3n) is 3.74. The largest absolute Gasteiger partial charge is 1.00 e. The Morgan fingerprint density at radius 3 is 2.54 bits per heavy atom. The molecule has 0 aliphatic heterocycles. The van der Waals surface area contributed by atoms with Crippen LogP contribution in [0.15, 0.2) is 48.5 Å². The molecule has 3 rings (SSSR count). The molecule has 5 nitrogen and oxygen atoms in total. The van der Waals surface area contributed by atoms with Gasteiger partial charge in [-0.15, -0.1) is 0 Å². The van der Waals surface area contributed by atoms with Gasteiger partial charge in [-0.05, 0) is 36.4 Å². The molecule has 0 fully saturated rings. The van der Waals surface area contributed by atoms with Crippen molar-refractivity contribution in [2.24, 2.45) is 0 Å². The third-order valence-corrected chi connectivity index (χ3v) is 3.99. The van der Waals surface area contributed by atoms with E-state index >= 15 is 0 Å². The van der Waals surface area contributed by atoms with E-state index in [1.165, 1.54) is 0 Å². The molecule has 0 saturated heterocycles. The topological polar surface area (TPSA) is 64.3 Å². The second-order valence-corrected chi connectivity index (χ2v) is 5.61. The molecule has 0 unspecified atom stereocenters. The van der Waals surface area contributed by atoms with Crippen LogP contribution < -0.4 is 27.4 Å². The number of hydrogen-bond acceptors (Lipinski definition) is 3. The number of hydrogen-bond donors (Lipinski definition) is 2. The minimum absolute atomic E-state index is 0. The molecule has 1 aromatic heterocycles. The van der Waals surface area contributed by atoms with E-state index in [1.807, 2.05) is 45.5 Å². The van der Waals surface area contributed by atoms with Crippen molar-refractivity contribution < 1.29 is 26.8 Å². The minimum atomic E-state index is 0. The highest BCUT2D eigenvalue weighted by Crippen LogP contribution is 2.18. The summed E-state index contributed by atoms with van der Waals surface area (Å²) in [6.07, 6.45) is 0. The second kappa shape index (κ2) is 8.24. The molecule has 3 N–H and O–H groups in total. The Morgan fingerprint density at radius 1 is 1.12 bits per heavy atom. The van der Waals surface area contributed by atoms with Crippen LogP contribution in [0.4, 0.5) is 5.95 Å². The first kappa shape index (κ1) is 18.4. The number of halogens is 2. The summed E-state index contributed by atoms with van der Waals surface area (Å²) >= 11 is 5.86. The number of para-hydroxylation sites is 2. The highest BCUT2D eigenvalue weighted by atomic mass is 35.5. The number of imidazole rings is 1. The molecule has 0 saturated carbocycles. The number of benzene rings is 2. The van der Waals surface area contributed by atoms with Gasteiger partial charge in [0.25, 0.3) is 0 Å². The first-order valence-corrected chi connectivity index (χ1v) is 7.84. The second-order valence-electron chi connectivity index (χ2n) is 5.18. The van der Waals surface area contributed by atoms with E-state index in [9.17, 15) is 5.11 Å². The zero-order valence-electron chi connectivity index (χ0n) is 13.0. The fourth-order valence-corrected chi connectivity index (χ4v) is 2.79. The summed E-state index contributed by atoms with van der Waals surface area (Å²) in [5.74, 6) is 1.38. The summed E-state index contributed by atoms with van der Waals surface area (Å²) in [4.78, 5) is 0. The lowest BCUT2D eigenvalue weighted by Gasteiger charge is -2.06. The van der Waals surface area contributed by atoms with Crippen molar-refractivity contribution in [3.63, 3.8) is 0 Å². The van der Waals surface area contributed by atoms with Crippen LogP contribution in [-0.2, 0) is 13.1 Å². The number of anilines is 1. The van der Waals surface area contributed by atoms with E-state index in [0.717, 1.165) is 16.8 Å². The molecule has 7 heteroatoms. The number of nitrogens with two attached hydrogens (primary N) is 1. The number of nitrogen functional groups attached to an aromatic ring is 1. The molecule has 0 atom stereocenters. The molecule has 0 aliphatic rings. The van der Waals surface area contributed by atoms with Gasteiger partial charge in [-0.2, -0.15) is 0 Å². The molecule has 1 heterocycles. The molecule has 24 heavy (non-hydrogen) atoms. The van der Waals surface area contributed by atoms with E-state index in [-0.39, 0.29) is 19.0 Å². The molecule has 0 spiro atoms. The molecular formula is C17H19Cl2N3O2. The van der Waals surface area contributed by atoms with E-state index in [4.69, 9.17) is 22.1 Å². The quantitative estimate of drug-likeness (QED) is 0.563. The van der Waals surface area contributed by atoms with Gasteiger partial charge in [0.15, 0.2) is 0 Å². The summed E-state index contributed by atoms with van der Waals surface area (Å²) < 4.78 is 9.66. The number of aromatic nitrogens is 2. The lowest BCUT2D eigenvalue weighted by molar-refractivity contribution is -0.658. The van der Waals surface area contributed by atoms with Crippen molar-refractivity contribution in [3.8, 4) is 5.75 Å². The summed E-state index contributed by atoms with van der Waals surface area (Å²) in [5.41, 5.74) is 8.27. The van der Waals surface area contributed by atoms with Crippen LogP contribution in [0.3, 0.4) is 0 Å². The maximum Gasteiger partial charge on any atom is 0.356 e. The molecular weight excluding hydrogens is 349 g/mol. The third kappa shape index (κ3) is 3.75. The van der Waals surface area contributed by atoms with Crippen molar-refractivity contribution in [2.45, 2.75) is 13.1 Å². The van der Waals surface area contributed by atoms with Gasteiger partial charge in [0.2, 0.25) is 0 Å². The lowest BCUT2D eigenvalue weighted by Crippen LogP contribution is -3.00. The molecule has 2 aromatic carbocycles. The van der Waals surface area contributed by atoms with Gasteiger partial charge >= 0.3 is 5.95 Å². The standard InChI is InChI=1S/C17H18ClN3O2.ClH/c18-13-5-7-14(8-6-13)23-12-10-21-16-4-2-1-3-15(16)20(9-11-22)17(21)19;/h1-8,19,22H,9-12H2;1H. The maximum atomic E-state index is 9.24. The van der Waals surface area contributed by atoms with Crippen LogP contribution in [0.2, 0.25) is 5.02 Å². The molecule has 0 bridgehead atoms. The van der Waals surface area contributed by atoms with Gasteiger partial charge in [-0.3, -0.25) is 5.73 Å². The molecule has 0 aliphatic carbocycles. The zero-order valence-corrected chi connectivity index (χ0v) is 14.5. The molecule has 0 amide bonds. The highest BCUT2D eigenvalue weighted by Gasteiger charge is 2.19. The Balaban J connectivity index is 0.00000208. The van der Waals surface area contributed by atoms with Crippen molar-refractivity contribution in [2.75, 3.05) is 18.9 Å². The van der Waals surface area contributed by atoms with Crippen LogP contribution in [0.5, 0.6) is 5.75 Å². The van der Waals surface area contributed by atoms with Gasteiger partial charge in [-0.25, -0.2) is 9.13 Å². The number of nitrogens with zero attached hydrogens (tertiary/aromatic N) is 2. The molecule has 0 radical (unpaired) electrons. The predicted molar refractivity (Wildman–Crippen MR) is 90.6 cm³/mol. The monoisotopic (exact) mass is 367 g/mol. The van der Waals surface area contributed by atoms with Crippen molar-refractivity contribution in [1.29, 1.82) is 0 Å². The Hall–Kier alpha value is -1.95. The molecule has 128 valence electrons. The summed E-state index contributed by atoms with van der Waals surface area (Å²) in [6, 6.07) is 15.2. The Labute approximate surface area is 151 Å². The Kier molecular flexibility index (Phi) is 6.31. The van der Waals surface area contributed by atoms with Crippen molar-refractivity contribution in [3.05, 3.63) is 53.6 Å². The molecule has 3 aromatic rings. The first-order valence-electron chi connectivity index (χ1n) is 7.46. The summed E-state index contributed by atoms with van der Waals surface area (Å²) in [5, 5.41) is 9.92. The lowest BCUT2D eigenvalue weighted by atomic mass is 10.3. The van der Waals surface area contributed by atoms with Gasteiger partial charge in [0.1, 0.15) is 29.9 Å². The van der Waals surface area contributed by atoms with Gasteiger partial charge in [0, 0.05) is 5.02 Å². The fourth-order valence-electron chi connectivity index (χ4n) is 2.67. The van der Waals surface area contributed by atoms with Gasteiger partial charge in [0.05, 0.1) is 13.2 Å². The number of fused-ring (bicyclic) bond motifs is 1. The fraction of sp³-hybridized carbons (Fsp3) is 0.235. The average molecular weight is 368 g/mol. The van der Waals surface area contributed by atoms with Crippen molar-refractivity contribution >= 4 is 28.6 Å². The smallest absolute Gasteiger partial charge is 0.356 e. The van der Waals surface area contributed by atoms with Crippen LogP contribution in [0.1, 0.15) is 0 Å². The number of ether oxygens (including phenoxy) is 1. The van der Waals surface area contributed by atoms with Crippen LogP contribution >= 0.6 is 11.6 Å². The Bertz CT molecular complexity index is 803. The highest BCUT2D eigenvalue weighted by molar-refractivity contribution is 6.30. The Morgan fingerprint density at radius 2 is 1.83 bits per heavy atom. The predicted octanol–water partition coefficient (Wildman–Crippen LogP) is -0.760. The van der Waals surface area contributed by atoms with E-state index in [1.54, 1.807) is 12.1 Å². The van der Waals surface area contributed by atoms with Crippen LogP contribution in [-0.4, -0.2) is 22.9 Å². The number of rotatable bonds is 6. The normalized spacial score (nSPS) is 10.6. The van der Waals surface area contributed by atoms with E-state index in [2.05, 4.69) is 0 Å². The van der Waals surface area contributed by atoms with Crippen LogP contribution in [0, 0.1) is 0 Å². The first-order chi connectivity index (χ1) is 11.2. The average Bonchev–Trinajstić information content (AvgIpc) is 2.83. The van der Waals surface area contributed by atoms with E-state index < -0.39 is 0 Å². The maximum absolute atomic E-state index is 9.24. The van der Waals surface area contributed by atoms with Crippen molar-refractivity contribution in [1.82, 2.24) is 4.57 Å². The zero-order chi connectivity index (χ0) is 16.2. The van der Waals surface area contributed by atoms with Gasteiger partial charge < -0.3 is 22.3 Å². The number of aliphatic hydroxyl groups is 1. The van der Waals surface area contributed by atoms with E-state index in [0.29, 0.717) is 30.7 Å². The minimum Gasteiger partial charge on any atom is -1.00 e.